The fourth-order valence-corrected chi connectivity index (χ4v) is 3.01. The molecule has 0 fully saturated rings. The van der Waals surface area contributed by atoms with Gasteiger partial charge in [0.25, 0.3) is 0 Å². The number of para-hydroxylation sites is 2. The molecule has 1 aromatic heterocycles. The lowest BCUT2D eigenvalue weighted by Gasteiger charge is -2.20. The van der Waals surface area contributed by atoms with E-state index in [0.717, 1.165) is 29.7 Å². The Hall–Kier alpha value is -2.62. The van der Waals surface area contributed by atoms with Gasteiger partial charge in [0, 0.05) is 6.42 Å². The number of fused-ring (bicyclic) bond motifs is 1. The van der Waals surface area contributed by atoms with Gasteiger partial charge in [0.05, 0.1) is 17.1 Å². The molecule has 0 saturated carbocycles. The van der Waals surface area contributed by atoms with Crippen molar-refractivity contribution in [2.75, 3.05) is 0 Å². The number of aromatic nitrogens is 2. The first-order valence-electron chi connectivity index (χ1n) is 8.91. The van der Waals surface area contributed by atoms with E-state index in [-0.39, 0.29) is 17.9 Å². The molecule has 4 heteroatoms. The molecule has 1 amide bonds. The zero-order valence-electron chi connectivity index (χ0n) is 14.8. The molecular weight excluding hydrogens is 310 g/mol. The van der Waals surface area contributed by atoms with Crippen LogP contribution in [0.5, 0.6) is 0 Å². The lowest BCUT2D eigenvalue weighted by molar-refractivity contribution is -0.122. The van der Waals surface area contributed by atoms with Crippen molar-refractivity contribution in [1.29, 1.82) is 0 Å². The van der Waals surface area contributed by atoms with Gasteiger partial charge in [-0.15, -0.1) is 0 Å². The van der Waals surface area contributed by atoms with Gasteiger partial charge >= 0.3 is 0 Å². The predicted octanol–water partition coefficient (Wildman–Crippen LogP) is 4.40. The average Bonchev–Trinajstić information content (AvgIpc) is 3.04. The van der Waals surface area contributed by atoms with Crippen LogP contribution in [-0.4, -0.2) is 15.9 Å². The summed E-state index contributed by atoms with van der Waals surface area (Å²) in [6, 6.07) is 18.1. The Morgan fingerprint density at radius 2 is 1.80 bits per heavy atom. The number of hydrogen-bond acceptors (Lipinski definition) is 2. The van der Waals surface area contributed by atoms with Crippen LogP contribution in [0.25, 0.3) is 11.0 Å². The molecule has 3 rings (SSSR count). The number of nitrogens with zero attached hydrogens (tertiary/aromatic N) is 1. The predicted molar refractivity (Wildman–Crippen MR) is 101 cm³/mol. The quantitative estimate of drug-likeness (QED) is 0.672. The number of H-pyrrole nitrogens is 1. The van der Waals surface area contributed by atoms with E-state index < -0.39 is 0 Å². The largest absolute Gasteiger partial charge is 0.346 e. The Morgan fingerprint density at radius 3 is 2.52 bits per heavy atom. The van der Waals surface area contributed by atoms with Gasteiger partial charge < -0.3 is 10.3 Å². The minimum absolute atomic E-state index is 0.0788. The Bertz CT molecular complexity index is 790. The summed E-state index contributed by atoms with van der Waals surface area (Å²) in [5.41, 5.74) is 3.20. The molecule has 2 N–H and O–H groups in total. The summed E-state index contributed by atoms with van der Waals surface area (Å²) in [7, 11) is 0. The van der Waals surface area contributed by atoms with Gasteiger partial charge in [-0.25, -0.2) is 4.98 Å². The number of hydrogen-bond donors (Lipinski definition) is 2. The number of carbonyl (C=O) groups excluding carboxylic acids is 1. The molecule has 1 heterocycles. The third-order valence-corrected chi connectivity index (χ3v) is 4.40. The molecule has 0 unspecified atom stereocenters. The van der Waals surface area contributed by atoms with E-state index in [1.165, 1.54) is 5.56 Å². The molecule has 2 aromatic carbocycles. The molecule has 0 bridgehead atoms. The van der Waals surface area contributed by atoms with Gasteiger partial charge in [0.2, 0.25) is 5.91 Å². The molecule has 4 nitrogen and oxygen atoms in total. The average molecular weight is 335 g/mol. The summed E-state index contributed by atoms with van der Waals surface area (Å²) in [6.45, 7) is 4.20. The second-order valence-corrected chi connectivity index (χ2v) is 6.77. The highest BCUT2D eigenvalue weighted by atomic mass is 16.1. The summed E-state index contributed by atoms with van der Waals surface area (Å²) in [5, 5.41) is 3.15. The number of aryl methyl sites for hydroxylation is 1. The highest BCUT2D eigenvalue weighted by molar-refractivity contribution is 5.77. The Labute approximate surface area is 148 Å². The highest BCUT2D eigenvalue weighted by Crippen LogP contribution is 2.22. The maximum atomic E-state index is 12.4. The number of nitrogens with one attached hydrogen (secondary N) is 2. The van der Waals surface area contributed by atoms with Crippen molar-refractivity contribution < 1.29 is 4.79 Å². The fourth-order valence-electron chi connectivity index (χ4n) is 3.01. The number of rotatable bonds is 7. The maximum Gasteiger partial charge on any atom is 0.220 e. The molecule has 0 aliphatic carbocycles. The van der Waals surface area contributed by atoms with Crippen molar-refractivity contribution in [3.05, 3.63) is 66.0 Å². The van der Waals surface area contributed by atoms with Gasteiger partial charge in [-0.3, -0.25) is 4.79 Å². The smallest absolute Gasteiger partial charge is 0.220 e. The van der Waals surface area contributed by atoms with Crippen LogP contribution in [0.4, 0.5) is 0 Å². The van der Waals surface area contributed by atoms with Gasteiger partial charge in [-0.1, -0.05) is 56.3 Å². The zero-order chi connectivity index (χ0) is 17.6. The summed E-state index contributed by atoms with van der Waals surface area (Å²) < 4.78 is 0. The van der Waals surface area contributed by atoms with Gasteiger partial charge in [0.1, 0.15) is 5.82 Å². The lowest BCUT2D eigenvalue weighted by Crippen LogP contribution is -2.32. The van der Waals surface area contributed by atoms with Gasteiger partial charge in [-0.05, 0) is 36.5 Å². The lowest BCUT2D eigenvalue weighted by atomic mass is 10.0. The Morgan fingerprint density at radius 1 is 1.08 bits per heavy atom. The van der Waals surface area contributed by atoms with Crippen LogP contribution in [0, 0.1) is 5.92 Å². The molecule has 0 spiro atoms. The standard InChI is InChI=1S/C21H25N3O/c1-15(2)20(21-22-17-12-6-7-13-18(17)23-21)24-19(25)14-8-11-16-9-4-3-5-10-16/h3-7,9-10,12-13,15,20H,8,11,14H2,1-2H3,(H,22,23)(H,24,25)/t20-/m1/s1. The van der Waals surface area contributed by atoms with E-state index >= 15 is 0 Å². The van der Waals surface area contributed by atoms with E-state index in [0.29, 0.717) is 6.42 Å². The molecule has 0 aliphatic heterocycles. The van der Waals surface area contributed by atoms with Gasteiger partial charge in [0.15, 0.2) is 0 Å². The molecule has 0 aliphatic rings. The van der Waals surface area contributed by atoms with Crippen LogP contribution in [0.2, 0.25) is 0 Å². The van der Waals surface area contributed by atoms with E-state index in [1.54, 1.807) is 0 Å². The van der Waals surface area contributed by atoms with Crippen LogP contribution in [-0.2, 0) is 11.2 Å². The zero-order valence-corrected chi connectivity index (χ0v) is 14.8. The van der Waals surface area contributed by atoms with Crippen molar-refractivity contribution in [3.8, 4) is 0 Å². The Kier molecular flexibility index (Phi) is 5.49. The Balaban J connectivity index is 1.60. The van der Waals surface area contributed by atoms with E-state index in [2.05, 4.69) is 41.3 Å². The first-order chi connectivity index (χ1) is 12.1. The number of aromatic amines is 1. The molecule has 0 radical (unpaired) electrons. The van der Waals surface area contributed by atoms with Crippen molar-refractivity contribution in [2.45, 2.75) is 39.2 Å². The fraction of sp³-hybridized carbons (Fsp3) is 0.333. The number of carbonyl (C=O) groups is 1. The normalized spacial score (nSPS) is 12.4. The first kappa shape index (κ1) is 17.2. The molecule has 1 atom stereocenters. The van der Waals surface area contributed by atoms with Crippen LogP contribution >= 0.6 is 0 Å². The first-order valence-corrected chi connectivity index (χ1v) is 8.91. The van der Waals surface area contributed by atoms with Crippen molar-refractivity contribution >= 4 is 16.9 Å². The van der Waals surface area contributed by atoms with E-state index in [4.69, 9.17) is 0 Å². The minimum Gasteiger partial charge on any atom is -0.346 e. The highest BCUT2D eigenvalue weighted by Gasteiger charge is 2.21. The molecular formula is C21H25N3O. The minimum atomic E-state index is -0.100. The number of amides is 1. The summed E-state index contributed by atoms with van der Waals surface area (Å²) in [4.78, 5) is 20.4. The summed E-state index contributed by atoms with van der Waals surface area (Å²) in [5.74, 6) is 1.17. The number of benzene rings is 2. The monoisotopic (exact) mass is 335 g/mol. The van der Waals surface area contributed by atoms with Crippen LogP contribution in [0.3, 0.4) is 0 Å². The van der Waals surface area contributed by atoms with Gasteiger partial charge in [-0.2, -0.15) is 0 Å². The second kappa shape index (κ2) is 7.97. The van der Waals surface area contributed by atoms with Crippen molar-refractivity contribution in [1.82, 2.24) is 15.3 Å². The summed E-state index contributed by atoms with van der Waals surface area (Å²) in [6.07, 6.45) is 2.30. The topological polar surface area (TPSA) is 57.8 Å². The summed E-state index contributed by atoms with van der Waals surface area (Å²) >= 11 is 0. The van der Waals surface area contributed by atoms with Crippen LogP contribution < -0.4 is 5.32 Å². The third-order valence-electron chi connectivity index (χ3n) is 4.40. The molecule has 25 heavy (non-hydrogen) atoms. The number of imidazole rings is 1. The maximum absolute atomic E-state index is 12.4. The van der Waals surface area contributed by atoms with Crippen molar-refractivity contribution in [2.24, 2.45) is 5.92 Å². The van der Waals surface area contributed by atoms with Crippen molar-refractivity contribution in [3.63, 3.8) is 0 Å². The second-order valence-electron chi connectivity index (χ2n) is 6.77. The third kappa shape index (κ3) is 4.47. The van der Waals surface area contributed by atoms with Crippen LogP contribution in [0.15, 0.2) is 54.6 Å². The molecule has 3 aromatic rings. The van der Waals surface area contributed by atoms with E-state index in [9.17, 15) is 4.79 Å². The SMILES string of the molecule is CC(C)[C@@H](NC(=O)CCCc1ccccc1)c1nc2ccccc2[nH]1. The van der Waals surface area contributed by atoms with Crippen LogP contribution in [0.1, 0.15) is 44.1 Å². The van der Waals surface area contributed by atoms with E-state index in [1.807, 2.05) is 42.5 Å². The molecule has 0 saturated heterocycles. The molecule has 130 valence electrons.